The Hall–Kier alpha value is -3.85. The Morgan fingerprint density at radius 2 is 1.75 bits per heavy atom. The maximum atomic E-state index is 12.6. The molecular formula is C31H35BrN2O6. The van der Waals surface area contributed by atoms with Gasteiger partial charge < -0.3 is 18.9 Å². The van der Waals surface area contributed by atoms with Crippen molar-refractivity contribution in [3.8, 4) is 23.0 Å². The highest BCUT2D eigenvalue weighted by atomic mass is 79.9. The minimum Gasteiger partial charge on any atom is -0.494 e. The van der Waals surface area contributed by atoms with E-state index in [2.05, 4.69) is 47.2 Å². The Morgan fingerprint density at radius 1 is 1.00 bits per heavy atom. The summed E-state index contributed by atoms with van der Waals surface area (Å²) >= 11 is 3.54. The predicted molar refractivity (Wildman–Crippen MR) is 159 cm³/mol. The number of unbranched alkanes of at least 4 members (excludes halogenated alkanes) is 1. The van der Waals surface area contributed by atoms with Gasteiger partial charge >= 0.3 is 5.97 Å². The molecule has 0 aliphatic rings. The number of ether oxygens (including phenoxy) is 4. The summed E-state index contributed by atoms with van der Waals surface area (Å²) in [5, 5.41) is 4.00. The molecule has 0 saturated heterocycles. The van der Waals surface area contributed by atoms with Crippen molar-refractivity contribution < 1.29 is 28.5 Å². The number of aryl methyl sites for hydroxylation is 1. The van der Waals surface area contributed by atoms with Gasteiger partial charge in [-0.25, -0.2) is 10.2 Å². The number of hydrazone groups is 1. The first-order chi connectivity index (χ1) is 19.2. The summed E-state index contributed by atoms with van der Waals surface area (Å²) in [4.78, 5) is 24.9. The number of benzene rings is 3. The molecule has 0 atom stereocenters. The predicted octanol–water partition coefficient (Wildman–Crippen LogP) is 6.82. The van der Waals surface area contributed by atoms with E-state index in [0.29, 0.717) is 35.0 Å². The SMILES string of the molecule is CCCCOc1ccc(C(=O)Oc2ccc(/C=N\NC(=O)COc3cc(C)c(Br)cc3C(C)C)cc2OC)cc1. The van der Waals surface area contributed by atoms with Gasteiger partial charge in [0.2, 0.25) is 0 Å². The van der Waals surface area contributed by atoms with Crippen molar-refractivity contribution in [1.82, 2.24) is 5.43 Å². The first kappa shape index (κ1) is 30.7. The Labute approximate surface area is 243 Å². The van der Waals surface area contributed by atoms with Gasteiger partial charge in [0, 0.05) is 4.47 Å². The molecule has 1 N–H and O–H groups in total. The Kier molecular flexibility index (Phi) is 11.6. The van der Waals surface area contributed by atoms with Gasteiger partial charge in [-0.3, -0.25) is 4.79 Å². The number of carbonyl (C=O) groups excluding carboxylic acids is 2. The molecule has 1 amide bonds. The lowest BCUT2D eigenvalue weighted by atomic mass is 10.0. The van der Waals surface area contributed by atoms with Crippen molar-refractivity contribution in [2.45, 2.75) is 46.5 Å². The number of hydrogen-bond donors (Lipinski definition) is 1. The number of carbonyl (C=O) groups is 2. The van der Waals surface area contributed by atoms with Gasteiger partial charge in [-0.1, -0.05) is 43.1 Å². The van der Waals surface area contributed by atoms with Gasteiger partial charge in [-0.2, -0.15) is 5.10 Å². The largest absolute Gasteiger partial charge is 0.494 e. The summed E-state index contributed by atoms with van der Waals surface area (Å²) in [5.41, 5.74) is 5.52. The molecule has 0 unspecified atom stereocenters. The van der Waals surface area contributed by atoms with E-state index in [1.165, 1.54) is 13.3 Å². The molecule has 0 radical (unpaired) electrons. The van der Waals surface area contributed by atoms with E-state index in [4.69, 9.17) is 18.9 Å². The number of nitrogens with one attached hydrogen (secondary N) is 1. The fourth-order valence-electron chi connectivity index (χ4n) is 3.63. The summed E-state index contributed by atoms with van der Waals surface area (Å²) in [6.45, 7) is 8.65. The summed E-state index contributed by atoms with van der Waals surface area (Å²) in [6, 6.07) is 15.7. The highest BCUT2D eigenvalue weighted by molar-refractivity contribution is 9.10. The van der Waals surface area contributed by atoms with E-state index in [1.54, 1.807) is 42.5 Å². The van der Waals surface area contributed by atoms with Crippen LogP contribution in [-0.2, 0) is 4.79 Å². The molecule has 40 heavy (non-hydrogen) atoms. The zero-order valence-electron chi connectivity index (χ0n) is 23.5. The first-order valence-electron chi connectivity index (χ1n) is 13.1. The molecule has 3 rings (SSSR count). The summed E-state index contributed by atoms with van der Waals surface area (Å²) in [5.74, 6) is 1.30. The second-order valence-corrected chi connectivity index (χ2v) is 10.3. The number of amides is 1. The van der Waals surface area contributed by atoms with Crippen molar-refractivity contribution in [3.63, 3.8) is 0 Å². The molecule has 0 aliphatic heterocycles. The molecule has 3 aromatic rings. The van der Waals surface area contributed by atoms with Gasteiger partial charge in [0.15, 0.2) is 18.1 Å². The van der Waals surface area contributed by atoms with Crippen molar-refractivity contribution in [1.29, 1.82) is 0 Å². The van der Waals surface area contributed by atoms with Crippen LogP contribution >= 0.6 is 15.9 Å². The number of hydrogen-bond acceptors (Lipinski definition) is 7. The monoisotopic (exact) mass is 610 g/mol. The number of halogens is 1. The molecule has 0 spiro atoms. The molecule has 0 bridgehead atoms. The van der Waals surface area contributed by atoms with Crippen molar-refractivity contribution >= 4 is 34.0 Å². The van der Waals surface area contributed by atoms with E-state index in [9.17, 15) is 9.59 Å². The van der Waals surface area contributed by atoms with E-state index in [0.717, 1.165) is 28.4 Å². The standard InChI is InChI=1S/C31H35BrN2O6/c1-6-7-14-38-24-11-9-23(10-12-24)31(36)40-27-13-8-22(16-29(27)37-5)18-33-34-30(35)19-39-28-15-21(4)26(32)17-25(28)20(2)3/h8-13,15-18,20H,6-7,14,19H2,1-5H3,(H,34,35)/b33-18-. The smallest absolute Gasteiger partial charge is 0.343 e. The lowest BCUT2D eigenvalue weighted by Gasteiger charge is -2.15. The molecule has 0 fully saturated rings. The molecule has 3 aromatic carbocycles. The Balaban J connectivity index is 1.56. The quantitative estimate of drug-likeness (QED) is 0.0750. The van der Waals surface area contributed by atoms with Crippen LogP contribution in [0.15, 0.2) is 64.2 Å². The summed E-state index contributed by atoms with van der Waals surface area (Å²) < 4.78 is 23.3. The van der Waals surface area contributed by atoms with Crippen LogP contribution in [0.2, 0.25) is 0 Å². The van der Waals surface area contributed by atoms with E-state index < -0.39 is 11.9 Å². The lowest BCUT2D eigenvalue weighted by molar-refractivity contribution is -0.123. The van der Waals surface area contributed by atoms with Crippen LogP contribution in [0.3, 0.4) is 0 Å². The van der Waals surface area contributed by atoms with Gasteiger partial charge in [0.05, 0.1) is 25.5 Å². The average molecular weight is 612 g/mol. The summed E-state index contributed by atoms with van der Waals surface area (Å²) in [6.07, 6.45) is 3.48. The molecule has 0 aromatic heterocycles. The zero-order valence-corrected chi connectivity index (χ0v) is 25.0. The molecular weight excluding hydrogens is 576 g/mol. The minimum atomic E-state index is -0.520. The Morgan fingerprint density at radius 3 is 2.42 bits per heavy atom. The molecule has 9 heteroatoms. The van der Waals surface area contributed by atoms with E-state index in [-0.39, 0.29) is 18.3 Å². The molecule has 0 aliphatic carbocycles. The Bertz CT molecular complexity index is 1340. The third kappa shape index (κ3) is 8.84. The molecule has 212 valence electrons. The summed E-state index contributed by atoms with van der Waals surface area (Å²) in [7, 11) is 1.48. The van der Waals surface area contributed by atoms with E-state index >= 15 is 0 Å². The third-order valence-corrected chi connectivity index (χ3v) is 6.78. The van der Waals surface area contributed by atoms with Gasteiger partial charge in [0.25, 0.3) is 5.91 Å². The molecule has 8 nitrogen and oxygen atoms in total. The van der Waals surface area contributed by atoms with Crippen LogP contribution in [-0.4, -0.2) is 38.4 Å². The van der Waals surface area contributed by atoms with Gasteiger partial charge in [0.1, 0.15) is 11.5 Å². The number of nitrogens with zero attached hydrogens (tertiary/aromatic N) is 1. The second kappa shape index (κ2) is 15.1. The van der Waals surface area contributed by atoms with Gasteiger partial charge in [-0.15, -0.1) is 0 Å². The molecule has 0 heterocycles. The topological polar surface area (TPSA) is 95.5 Å². The van der Waals surface area contributed by atoms with Crippen molar-refractivity contribution in [2.75, 3.05) is 20.3 Å². The lowest BCUT2D eigenvalue weighted by Crippen LogP contribution is -2.25. The van der Waals surface area contributed by atoms with Crippen LogP contribution in [0.5, 0.6) is 23.0 Å². The highest BCUT2D eigenvalue weighted by Gasteiger charge is 2.14. The first-order valence-corrected chi connectivity index (χ1v) is 13.9. The maximum Gasteiger partial charge on any atom is 0.343 e. The van der Waals surface area contributed by atoms with Crippen LogP contribution < -0.4 is 24.4 Å². The average Bonchev–Trinajstić information content (AvgIpc) is 2.94. The number of esters is 1. The van der Waals surface area contributed by atoms with Crippen LogP contribution in [0.1, 0.15) is 66.6 Å². The van der Waals surface area contributed by atoms with E-state index in [1.807, 2.05) is 19.1 Å². The highest BCUT2D eigenvalue weighted by Crippen LogP contribution is 2.32. The van der Waals surface area contributed by atoms with Crippen molar-refractivity contribution in [2.24, 2.45) is 5.10 Å². The van der Waals surface area contributed by atoms with Crippen LogP contribution in [0.4, 0.5) is 0 Å². The van der Waals surface area contributed by atoms with Gasteiger partial charge in [-0.05, 0) is 90.6 Å². The third-order valence-electron chi connectivity index (χ3n) is 5.92. The van der Waals surface area contributed by atoms with Crippen molar-refractivity contribution in [3.05, 3.63) is 81.3 Å². The normalized spacial score (nSPS) is 11.0. The minimum absolute atomic E-state index is 0.178. The zero-order chi connectivity index (χ0) is 29.1. The number of methoxy groups -OCH3 is 1. The molecule has 0 saturated carbocycles. The second-order valence-electron chi connectivity index (χ2n) is 9.40. The number of rotatable bonds is 13. The fourth-order valence-corrected chi connectivity index (χ4v) is 3.99. The van der Waals surface area contributed by atoms with Crippen LogP contribution in [0, 0.1) is 6.92 Å². The maximum absolute atomic E-state index is 12.6. The van der Waals surface area contributed by atoms with Crippen LogP contribution in [0.25, 0.3) is 0 Å². The fraction of sp³-hybridized carbons (Fsp3) is 0.323.